The fourth-order valence-corrected chi connectivity index (χ4v) is 1.60. The molecule has 0 amide bonds. The summed E-state index contributed by atoms with van der Waals surface area (Å²) in [4.78, 5) is 0. The zero-order valence-corrected chi connectivity index (χ0v) is 9.34. The van der Waals surface area contributed by atoms with Gasteiger partial charge in [-0.1, -0.05) is 9.81 Å². The molecule has 0 aliphatic rings. The quantitative estimate of drug-likeness (QED) is 0.636. The van der Waals surface area contributed by atoms with E-state index in [-0.39, 0.29) is 12.3 Å². The first-order valence-corrected chi connectivity index (χ1v) is 5.62. The summed E-state index contributed by atoms with van der Waals surface area (Å²) in [5.41, 5.74) is 7.21. The molecule has 0 aliphatic carbocycles. The first kappa shape index (κ1) is 12.5. The molecule has 1 rings (SSSR count). The van der Waals surface area contributed by atoms with Crippen molar-refractivity contribution < 1.29 is 16.5 Å². The second-order valence-corrected chi connectivity index (χ2v) is 4.03. The van der Waals surface area contributed by atoms with E-state index in [4.69, 9.17) is 12.2 Å². The summed E-state index contributed by atoms with van der Waals surface area (Å²) in [6.07, 6.45) is 5.22. The predicted molar refractivity (Wildman–Crippen MR) is 57.7 cm³/mol. The van der Waals surface area contributed by atoms with Gasteiger partial charge in [0.1, 0.15) is 5.75 Å². The average molecular weight is 243 g/mol. The van der Waals surface area contributed by atoms with Crippen molar-refractivity contribution in [2.75, 3.05) is 0 Å². The van der Waals surface area contributed by atoms with Crippen LogP contribution in [0.5, 0.6) is 5.75 Å². The van der Waals surface area contributed by atoms with Crippen LogP contribution in [0, 0.1) is 19.3 Å². The Morgan fingerprint density at radius 1 is 1.56 bits per heavy atom. The van der Waals surface area contributed by atoms with Gasteiger partial charge in [-0.3, -0.25) is 0 Å². The van der Waals surface area contributed by atoms with Gasteiger partial charge in [0.2, 0.25) is 0 Å². The summed E-state index contributed by atoms with van der Waals surface area (Å²) in [5.74, 6) is 2.16. The lowest BCUT2D eigenvalue weighted by Crippen LogP contribution is -2.05. The lowest BCUT2D eigenvalue weighted by Gasteiger charge is -2.08. The summed E-state index contributed by atoms with van der Waals surface area (Å²) < 4.78 is 37.0. The van der Waals surface area contributed by atoms with Crippen molar-refractivity contribution in [3.05, 3.63) is 28.8 Å². The number of hydrogen-bond donors (Lipinski definition) is 1. The Bertz CT molecular complexity index is 546. The Morgan fingerprint density at radius 2 is 2.19 bits per heavy atom. The second-order valence-electron chi connectivity index (χ2n) is 3.08. The summed E-state index contributed by atoms with van der Waals surface area (Å²) in [6, 6.07) is 2.61. The van der Waals surface area contributed by atoms with E-state index < -0.39 is 10.5 Å². The fourth-order valence-electron chi connectivity index (χ4n) is 1.27. The Kier molecular flexibility index (Phi) is 3.52. The molecule has 0 bridgehead atoms. The Balaban J connectivity index is 3.29. The maximum absolute atomic E-state index is 12.3. The van der Waals surface area contributed by atoms with Crippen LogP contribution in [0.4, 0.5) is 3.89 Å². The molecular weight excluding hydrogens is 233 g/mol. The first-order valence-electron chi connectivity index (χ1n) is 4.31. The molecule has 0 unspecified atom stereocenters. The maximum atomic E-state index is 12.3. The van der Waals surface area contributed by atoms with Crippen LogP contribution < -0.4 is 9.92 Å². The fraction of sp³-hybridized carbons (Fsp3) is 0.200. The molecule has 0 fully saturated rings. The lowest BCUT2D eigenvalue weighted by molar-refractivity contribution is 0.440. The van der Waals surface area contributed by atoms with E-state index in [1.54, 1.807) is 6.92 Å². The first-order chi connectivity index (χ1) is 7.37. The molecule has 0 heterocycles. The summed E-state index contributed by atoms with van der Waals surface area (Å²) in [7, 11) is -5.05. The van der Waals surface area contributed by atoms with Crippen molar-refractivity contribution >= 4 is 10.5 Å². The van der Waals surface area contributed by atoms with Crippen LogP contribution in [-0.2, 0) is 17.0 Å². The minimum absolute atomic E-state index is 0.157. The molecular formula is C10H10FNO3S. The number of nitrogens with two attached hydrogens (primary N) is 1. The van der Waals surface area contributed by atoms with Crippen molar-refractivity contribution in [2.24, 2.45) is 5.73 Å². The minimum atomic E-state index is -5.05. The zero-order chi connectivity index (χ0) is 12.3. The van der Waals surface area contributed by atoms with E-state index in [0.717, 1.165) is 5.56 Å². The largest absolute Gasteiger partial charge is 0.488 e. The topological polar surface area (TPSA) is 69.4 Å². The number of rotatable bonds is 3. The SMILES string of the molecule is C#Cc1cc(OS(=O)(=O)F)cc(CN)c1C. The van der Waals surface area contributed by atoms with Crippen LogP contribution in [-0.4, -0.2) is 8.42 Å². The highest BCUT2D eigenvalue weighted by molar-refractivity contribution is 7.81. The zero-order valence-electron chi connectivity index (χ0n) is 8.53. The molecule has 0 saturated carbocycles. The molecule has 4 nitrogen and oxygen atoms in total. The van der Waals surface area contributed by atoms with Gasteiger partial charge in [0.15, 0.2) is 0 Å². The molecule has 0 radical (unpaired) electrons. The van der Waals surface area contributed by atoms with E-state index >= 15 is 0 Å². The highest BCUT2D eigenvalue weighted by Crippen LogP contribution is 2.23. The van der Waals surface area contributed by atoms with Gasteiger partial charge in [-0.2, -0.15) is 8.42 Å². The monoisotopic (exact) mass is 243 g/mol. The average Bonchev–Trinajstić information content (AvgIpc) is 2.18. The molecule has 6 heteroatoms. The molecule has 0 atom stereocenters. The van der Waals surface area contributed by atoms with E-state index in [2.05, 4.69) is 10.1 Å². The van der Waals surface area contributed by atoms with Gasteiger partial charge in [-0.05, 0) is 30.2 Å². The van der Waals surface area contributed by atoms with Crippen LogP contribution in [0.1, 0.15) is 16.7 Å². The van der Waals surface area contributed by atoms with Gasteiger partial charge in [-0.15, -0.1) is 6.42 Å². The number of benzene rings is 1. The van der Waals surface area contributed by atoms with E-state index in [1.165, 1.54) is 12.1 Å². The summed E-state index contributed by atoms with van der Waals surface area (Å²) in [5, 5.41) is 0. The number of halogens is 1. The van der Waals surface area contributed by atoms with Crippen molar-refractivity contribution in [1.82, 2.24) is 0 Å². The molecule has 0 aliphatic heterocycles. The molecule has 16 heavy (non-hydrogen) atoms. The van der Waals surface area contributed by atoms with Gasteiger partial charge in [0.05, 0.1) is 0 Å². The summed E-state index contributed by atoms with van der Waals surface area (Å²) in [6.45, 7) is 1.90. The molecule has 0 spiro atoms. The van der Waals surface area contributed by atoms with Crippen LogP contribution in [0.25, 0.3) is 0 Å². The molecule has 1 aromatic rings. The Hall–Kier alpha value is -1.58. The Labute approximate surface area is 93.6 Å². The molecule has 0 saturated heterocycles. The standard InChI is InChI=1S/C10H10FNO3S/c1-3-8-4-10(15-16(11,13)14)5-9(6-12)7(8)2/h1,4-5H,6,12H2,2H3. The van der Waals surface area contributed by atoms with Crippen molar-refractivity contribution in [3.63, 3.8) is 0 Å². The van der Waals surface area contributed by atoms with Gasteiger partial charge >= 0.3 is 10.5 Å². The minimum Gasteiger partial charge on any atom is -0.358 e. The van der Waals surface area contributed by atoms with Crippen molar-refractivity contribution in [3.8, 4) is 18.1 Å². The van der Waals surface area contributed by atoms with Crippen LogP contribution in [0.15, 0.2) is 12.1 Å². The molecule has 1 aromatic carbocycles. The predicted octanol–water partition coefficient (Wildman–Crippen LogP) is 1.03. The highest BCUT2D eigenvalue weighted by Gasteiger charge is 2.12. The van der Waals surface area contributed by atoms with Gasteiger partial charge in [0, 0.05) is 12.1 Å². The van der Waals surface area contributed by atoms with E-state index in [9.17, 15) is 12.3 Å². The third-order valence-corrected chi connectivity index (χ3v) is 2.45. The highest BCUT2D eigenvalue weighted by atomic mass is 32.3. The Morgan fingerprint density at radius 3 is 2.62 bits per heavy atom. The van der Waals surface area contributed by atoms with E-state index in [1.807, 2.05) is 0 Å². The molecule has 2 N–H and O–H groups in total. The van der Waals surface area contributed by atoms with Gasteiger partial charge < -0.3 is 9.92 Å². The normalized spacial score (nSPS) is 10.9. The maximum Gasteiger partial charge on any atom is 0.488 e. The number of terminal acetylenes is 1. The molecule has 0 aromatic heterocycles. The van der Waals surface area contributed by atoms with Crippen LogP contribution >= 0.6 is 0 Å². The lowest BCUT2D eigenvalue weighted by atomic mass is 10.0. The summed E-state index contributed by atoms with van der Waals surface area (Å²) >= 11 is 0. The van der Waals surface area contributed by atoms with Gasteiger partial charge in [-0.25, -0.2) is 0 Å². The third-order valence-electron chi connectivity index (χ3n) is 2.06. The van der Waals surface area contributed by atoms with Gasteiger partial charge in [0.25, 0.3) is 0 Å². The smallest absolute Gasteiger partial charge is 0.358 e. The van der Waals surface area contributed by atoms with Crippen molar-refractivity contribution in [1.29, 1.82) is 0 Å². The van der Waals surface area contributed by atoms with Crippen LogP contribution in [0.2, 0.25) is 0 Å². The second kappa shape index (κ2) is 4.51. The number of hydrogen-bond acceptors (Lipinski definition) is 4. The van der Waals surface area contributed by atoms with Crippen LogP contribution in [0.3, 0.4) is 0 Å². The third kappa shape index (κ3) is 2.95. The van der Waals surface area contributed by atoms with E-state index in [0.29, 0.717) is 11.1 Å². The molecule has 86 valence electrons. The van der Waals surface area contributed by atoms with Crippen molar-refractivity contribution in [2.45, 2.75) is 13.5 Å².